The van der Waals surface area contributed by atoms with Gasteiger partial charge in [-0.05, 0) is 64.7 Å². The van der Waals surface area contributed by atoms with Crippen LogP contribution in [0.4, 0.5) is 5.82 Å². The zero-order chi connectivity index (χ0) is 63.0. The predicted octanol–water partition coefficient (Wildman–Crippen LogP) is 2.86. The van der Waals surface area contributed by atoms with Crippen molar-refractivity contribution in [2.45, 2.75) is 178 Å². The Morgan fingerprint density at radius 1 is 0.779 bits per heavy atom. The van der Waals surface area contributed by atoms with Crippen LogP contribution in [-0.2, 0) is 77.0 Å². The molecule has 490 valence electrons. The van der Waals surface area contributed by atoms with E-state index in [1.165, 1.54) is 27.8 Å². The van der Waals surface area contributed by atoms with Gasteiger partial charge >= 0.3 is 21.3 Å². The normalized spacial score (nSPS) is 20.2. The lowest BCUT2D eigenvalue weighted by Crippen LogP contribution is -2.47. The van der Waals surface area contributed by atoms with Crippen LogP contribution in [0.2, 0.25) is 0 Å². The minimum absolute atomic E-state index is 0.0200. The molecule has 34 heteroatoms. The SMILES string of the molecule is C[C@@H]1NC(=O)C[C@@H]1CCCCCC(=O)CCCOCCOCCOCCOCCC(=O)CCCCC[C@H](NC(=O)CCSSCCNC(=O)CCC1(C)N=N1)C(=O)NCCCc1cn([C@@H]2O[C@H](COP(=O)(O)O)C(OP(=O)(O)O)[C@@H]2O)c(=O)nc1N. The number of aryl methyl sites for hydroxylation is 1. The molecule has 7 atom stereocenters. The molecule has 0 aromatic carbocycles. The molecular weight excluding hydrogens is 1210 g/mol. The summed E-state index contributed by atoms with van der Waals surface area (Å²) < 4.78 is 60.6. The van der Waals surface area contributed by atoms with E-state index in [2.05, 4.69) is 45.5 Å². The molecule has 4 rings (SSSR count). The first kappa shape index (κ1) is 74.6. The summed E-state index contributed by atoms with van der Waals surface area (Å²) in [6, 6.07) is -0.681. The second-order valence-electron chi connectivity index (χ2n) is 21.3. The van der Waals surface area contributed by atoms with E-state index in [0.717, 1.165) is 30.3 Å². The zero-order valence-electron chi connectivity index (χ0n) is 49.1. The third-order valence-electron chi connectivity index (χ3n) is 14.1. The number of phosphoric ester groups is 2. The van der Waals surface area contributed by atoms with Crippen LogP contribution in [0.15, 0.2) is 21.2 Å². The van der Waals surface area contributed by atoms with Gasteiger partial charge in [-0.1, -0.05) is 47.3 Å². The highest BCUT2D eigenvalue weighted by atomic mass is 33.1. The molecule has 0 radical (unpaired) electrons. The minimum Gasteiger partial charge on any atom is -0.386 e. The third-order valence-corrected chi connectivity index (χ3v) is 17.5. The molecule has 86 heavy (non-hydrogen) atoms. The van der Waals surface area contributed by atoms with Gasteiger partial charge in [-0.15, -0.1) is 0 Å². The number of aromatic nitrogens is 2. The van der Waals surface area contributed by atoms with E-state index in [4.69, 9.17) is 39.2 Å². The fourth-order valence-electron chi connectivity index (χ4n) is 9.22. The molecule has 4 heterocycles. The summed E-state index contributed by atoms with van der Waals surface area (Å²) in [7, 11) is -7.48. The van der Waals surface area contributed by atoms with Crippen LogP contribution in [0.3, 0.4) is 0 Å². The van der Waals surface area contributed by atoms with Crippen molar-refractivity contribution in [1.82, 2.24) is 30.8 Å². The monoisotopic (exact) mass is 1300 g/mol. The highest BCUT2D eigenvalue weighted by Gasteiger charge is 2.49. The lowest BCUT2D eigenvalue weighted by atomic mass is 9.94. The molecule has 0 spiro atoms. The van der Waals surface area contributed by atoms with Crippen molar-refractivity contribution in [2.75, 3.05) is 89.8 Å². The molecule has 11 N–H and O–H groups in total. The van der Waals surface area contributed by atoms with Crippen molar-refractivity contribution >= 4 is 78.2 Å². The molecule has 30 nitrogen and oxygen atoms in total. The molecular formula is C52H89N9O21P2S2. The first-order chi connectivity index (χ1) is 40.9. The van der Waals surface area contributed by atoms with Gasteiger partial charge in [-0.25, -0.2) is 13.9 Å². The second kappa shape index (κ2) is 40.0. The Morgan fingerprint density at radius 2 is 1.41 bits per heavy atom. The molecule has 1 aromatic heterocycles. The summed E-state index contributed by atoms with van der Waals surface area (Å²) in [5.74, 6) is 0.727. The lowest BCUT2D eigenvalue weighted by molar-refractivity contribution is -0.129. The number of ketones is 2. The average Bonchev–Trinajstić information content (AvgIpc) is 1.94. The van der Waals surface area contributed by atoms with Gasteiger partial charge < -0.3 is 75.4 Å². The highest BCUT2D eigenvalue weighted by molar-refractivity contribution is 8.76. The number of Topliss-reactive ketones (excluding diaryl/α,β-unsaturated/α-hetero) is 2. The highest BCUT2D eigenvalue weighted by Crippen LogP contribution is 2.45. The summed E-state index contributed by atoms with van der Waals surface area (Å²) in [5.41, 5.74) is 4.79. The number of nitrogens with two attached hydrogens (primary N) is 1. The number of nitrogen functional groups attached to an aromatic ring is 1. The number of aliphatic hydroxyl groups excluding tert-OH is 1. The van der Waals surface area contributed by atoms with Gasteiger partial charge in [0.1, 0.15) is 41.7 Å². The van der Waals surface area contributed by atoms with E-state index in [1.54, 1.807) is 0 Å². The second-order valence-corrected chi connectivity index (χ2v) is 26.5. The van der Waals surface area contributed by atoms with Crippen LogP contribution in [0, 0.1) is 5.92 Å². The van der Waals surface area contributed by atoms with Gasteiger partial charge in [0.25, 0.3) is 0 Å². The Hall–Kier alpha value is -3.82. The molecule has 3 aliphatic rings. The molecule has 4 amide bonds. The number of hydrogen-bond donors (Lipinski definition) is 10. The number of carbonyl (C=O) groups is 6. The number of hydrogen-bond acceptors (Lipinski definition) is 23. The Bertz CT molecular complexity index is 2470. The summed E-state index contributed by atoms with van der Waals surface area (Å²) in [4.78, 5) is 129. The maximum atomic E-state index is 13.6. The number of unbranched alkanes of at least 4 members (excludes halogenated alkanes) is 4. The molecule has 0 saturated carbocycles. The van der Waals surface area contributed by atoms with Crippen LogP contribution >= 0.6 is 37.2 Å². The zero-order valence-corrected chi connectivity index (χ0v) is 52.5. The van der Waals surface area contributed by atoms with E-state index in [9.17, 15) is 57.6 Å². The van der Waals surface area contributed by atoms with Gasteiger partial charge in [-0.3, -0.25) is 42.4 Å². The Kier molecular flexibility index (Phi) is 34.7. The summed E-state index contributed by atoms with van der Waals surface area (Å²) >= 11 is 0. The van der Waals surface area contributed by atoms with Crippen LogP contribution in [-0.4, -0.2) is 190 Å². The standard InChI is InChI=1S/C52H89N9O21P2S2/c1-36-37(33-45(66)56-36)11-5-3-6-13-39(62)15-10-23-76-25-27-78-29-30-79-28-26-77-24-18-40(63)14-7-4-8-16-41(57-44(65)19-31-85-86-32-22-54-43(64)17-20-52(2)59-60-52)49(68)55-21-9-12-38-34-61(51(69)58-48(38)53)50-46(67)47(82-84(73,74)75)42(81-50)35-80-83(70,71)72/h34,36-37,41-42,46-47,50,67H,3-33,35H2,1-2H3,(H,54,64)(H,55,68)(H,56,66)(H,57,65)(H2,53,58,69)(H2,70,71,72)(H2,73,74,75)/t36-,37-,41-,42+,46-,47?,50+/m0/s1. The molecule has 2 fully saturated rings. The average molecular weight is 1300 g/mol. The largest absolute Gasteiger partial charge is 0.470 e. The van der Waals surface area contributed by atoms with Gasteiger partial charge in [0.2, 0.25) is 23.6 Å². The van der Waals surface area contributed by atoms with Crippen LogP contribution in [0.5, 0.6) is 0 Å². The predicted molar refractivity (Wildman–Crippen MR) is 315 cm³/mol. The van der Waals surface area contributed by atoms with Gasteiger partial charge in [0, 0.05) is 100 Å². The number of carbonyl (C=O) groups excluding carboxylic acids is 6. The fourth-order valence-corrected chi connectivity index (χ4v) is 12.0. The summed E-state index contributed by atoms with van der Waals surface area (Å²) in [6.07, 6.45) is 3.94. The number of anilines is 1. The van der Waals surface area contributed by atoms with E-state index in [1.807, 2.05) is 13.8 Å². The molecule has 0 bridgehead atoms. The minimum atomic E-state index is -5.31. The summed E-state index contributed by atoms with van der Waals surface area (Å²) in [6.45, 7) is 6.37. The molecule has 1 unspecified atom stereocenters. The summed E-state index contributed by atoms with van der Waals surface area (Å²) in [5, 5.41) is 30.2. The number of amides is 4. The van der Waals surface area contributed by atoms with Crippen molar-refractivity contribution in [3.8, 4) is 0 Å². The maximum absolute atomic E-state index is 13.6. The number of nitrogens with one attached hydrogen (secondary N) is 4. The number of phosphoric acid groups is 2. The fraction of sp³-hybridized carbons (Fsp3) is 0.808. The molecule has 3 aliphatic heterocycles. The Balaban J connectivity index is 1.09. The van der Waals surface area contributed by atoms with Gasteiger partial charge in [0.05, 0.1) is 52.9 Å². The maximum Gasteiger partial charge on any atom is 0.470 e. The Labute approximate surface area is 508 Å². The number of ether oxygens (including phenoxy) is 5. The number of nitrogens with zero attached hydrogens (tertiary/aromatic N) is 4. The smallest absolute Gasteiger partial charge is 0.386 e. The van der Waals surface area contributed by atoms with Crippen molar-refractivity contribution in [3.05, 3.63) is 22.2 Å². The third kappa shape index (κ3) is 32.1. The van der Waals surface area contributed by atoms with Gasteiger partial charge in [-0.2, -0.15) is 15.2 Å². The lowest BCUT2D eigenvalue weighted by Gasteiger charge is -2.21. The number of rotatable bonds is 50. The van der Waals surface area contributed by atoms with Crippen LogP contribution in [0.1, 0.15) is 141 Å². The van der Waals surface area contributed by atoms with Crippen molar-refractivity contribution < 1.29 is 95.3 Å². The van der Waals surface area contributed by atoms with Crippen molar-refractivity contribution in [2.24, 2.45) is 16.1 Å². The van der Waals surface area contributed by atoms with E-state index in [0.29, 0.717) is 134 Å². The molecule has 2 saturated heterocycles. The first-order valence-electron chi connectivity index (χ1n) is 29.2. The topological polar surface area (TPSA) is 436 Å². The van der Waals surface area contributed by atoms with E-state index in [-0.39, 0.29) is 92.0 Å². The number of aliphatic hydroxyl groups is 1. The molecule has 1 aromatic rings. The van der Waals surface area contributed by atoms with E-state index < -0.39 is 70.1 Å². The van der Waals surface area contributed by atoms with Crippen molar-refractivity contribution in [1.29, 1.82) is 0 Å². The van der Waals surface area contributed by atoms with Gasteiger partial charge in [0.15, 0.2) is 11.9 Å². The Morgan fingerprint density at radius 3 is 2.05 bits per heavy atom. The van der Waals surface area contributed by atoms with Crippen LogP contribution in [0.25, 0.3) is 0 Å². The quantitative estimate of drug-likeness (QED) is 0.0255. The van der Waals surface area contributed by atoms with E-state index >= 15 is 0 Å². The van der Waals surface area contributed by atoms with Crippen molar-refractivity contribution in [3.63, 3.8) is 0 Å². The molecule has 0 aliphatic carbocycles. The first-order valence-corrected chi connectivity index (χ1v) is 34.8. The van der Waals surface area contributed by atoms with Crippen LogP contribution < -0.4 is 32.7 Å².